The predicted octanol–water partition coefficient (Wildman–Crippen LogP) is 4.57. The number of rotatable bonds is 5. The highest BCUT2D eigenvalue weighted by molar-refractivity contribution is 6.32. The molecule has 0 aliphatic heterocycles. The zero-order valence-electron chi connectivity index (χ0n) is 15.9. The van der Waals surface area contributed by atoms with Crippen LogP contribution in [0.4, 0.5) is 0 Å². The molecule has 4 rings (SSSR count). The van der Waals surface area contributed by atoms with Crippen LogP contribution in [0, 0.1) is 6.92 Å². The van der Waals surface area contributed by atoms with Crippen molar-refractivity contribution >= 4 is 34.3 Å². The first kappa shape index (κ1) is 19.0. The largest absolute Gasteiger partial charge is 0.454 e. The maximum absolute atomic E-state index is 13.1. The van der Waals surface area contributed by atoms with Crippen LogP contribution in [0.15, 0.2) is 54.6 Å². The Morgan fingerprint density at radius 1 is 1.07 bits per heavy atom. The van der Waals surface area contributed by atoms with Crippen molar-refractivity contribution in [3.05, 3.63) is 76.6 Å². The molecule has 2 aromatic heterocycles. The van der Waals surface area contributed by atoms with E-state index in [4.69, 9.17) is 16.3 Å². The fourth-order valence-electron chi connectivity index (χ4n) is 3.39. The third kappa shape index (κ3) is 3.43. The van der Waals surface area contributed by atoms with Gasteiger partial charge in [0, 0.05) is 18.0 Å². The van der Waals surface area contributed by atoms with Gasteiger partial charge in [-0.25, -0.2) is 4.79 Å². The highest BCUT2D eigenvalue weighted by Crippen LogP contribution is 2.31. The number of ether oxygens (including phenoxy) is 1. The van der Waals surface area contributed by atoms with Crippen molar-refractivity contribution in [1.29, 1.82) is 0 Å². The van der Waals surface area contributed by atoms with E-state index in [1.165, 1.54) is 4.68 Å². The number of Topliss-reactive ketones (excluding diaryl/α,β-unsaturated/α-hetero) is 1. The predicted molar refractivity (Wildman–Crippen MR) is 111 cm³/mol. The molecule has 0 fully saturated rings. The smallest absolute Gasteiger partial charge is 0.343 e. The third-order valence-corrected chi connectivity index (χ3v) is 5.17. The first-order chi connectivity index (χ1) is 14.0. The van der Waals surface area contributed by atoms with Crippen LogP contribution in [-0.2, 0) is 11.8 Å². The van der Waals surface area contributed by atoms with E-state index in [0.717, 1.165) is 16.5 Å². The number of carbonyl (C=O) groups is 2. The van der Waals surface area contributed by atoms with Crippen molar-refractivity contribution in [2.45, 2.75) is 6.92 Å². The zero-order valence-corrected chi connectivity index (χ0v) is 16.7. The molecule has 0 atom stereocenters. The van der Waals surface area contributed by atoms with E-state index in [1.807, 2.05) is 54.6 Å². The van der Waals surface area contributed by atoms with E-state index in [9.17, 15) is 9.59 Å². The molecule has 2 heterocycles. The van der Waals surface area contributed by atoms with Gasteiger partial charge in [-0.05, 0) is 18.6 Å². The van der Waals surface area contributed by atoms with Gasteiger partial charge in [0.15, 0.2) is 6.61 Å². The van der Waals surface area contributed by atoms with Gasteiger partial charge in [0.1, 0.15) is 10.7 Å². The molecule has 0 aliphatic rings. The Morgan fingerprint density at radius 2 is 1.76 bits per heavy atom. The Bertz CT molecular complexity index is 1230. The number of nitrogens with zero attached hydrogens (tertiary/aromatic N) is 2. The Kier molecular flexibility index (Phi) is 4.94. The molecule has 0 saturated heterocycles. The Balaban J connectivity index is 1.66. The van der Waals surface area contributed by atoms with Gasteiger partial charge in [-0.3, -0.25) is 9.48 Å². The summed E-state index contributed by atoms with van der Waals surface area (Å²) in [5, 5.41) is 5.06. The van der Waals surface area contributed by atoms with Gasteiger partial charge in [-0.1, -0.05) is 60.1 Å². The molecule has 0 unspecified atom stereocenters. The van der Waals surface area contributed by atoms with Crippen LogP contribution in [0.1, 0.15) is 26.4 Å². The number of aromatic nitrogens is 3. The number of hydrogen-bond donors (Lipinski definition) is 1. The number of aryl methyl sites for hydroxylation is 2. The number of fused-ring (bicyclic) bond motifs is 1. The maximum Gasteiger partial charge on any atom is 0.343 e. The number of ketones is 1. The number of carbonyl (C=O) groups excluding carboxylic acids is 2. The lowest BCUT2D eigenvalue weighted by molar-refractivity contribution is 0.0474. The molecule has 1 N–H and O–H groups in total. The molecule has 0 spiro atoms. The summed E-state index contributed by atoms with van der Waals surface area (Å²) < 4.78 is 6.68. The van der Waals surface area contributed by atoms with E-state index >= 15 is 0 Å². The van der Waals surface area contributed by atoms with Gasteiger partial charge in [0.05, 0.1) is 17.0 Å². The monoisotopic (exact) mass is 407 g/mol. The van der Waals surface area contributed by atoms with Crippen LogP contribution in [0.3, 0.4) is 0 Å². The average Bonchev–Trinajstić information content (AvgIpc) is 3.23. The summed E-state index contributed by atoms with van der Waals surface area (Å²) in [6.45, 7) is 1.27. The van der Waals surface area contributed by atoms with E-state index in [1.54, 1.807) is 14.0 Å². The summed E-state index contributed by atoms with van der Waals surface area (Å²) in [7, 11) is 1.63. The molecule has 146 valence electrons. The standard InChI is InChI=1S/C22H18ClN3O3/c1-13-18(21(23)26(2)25-13)22(28)29-12-17(27)19-15-10-6-7-11-16(15)24-20(19)14-8-4-3-5-9-14/h3-11,24H,12H2,1-2H3. The lowest BCUT2D eigenvalue weighted by Crippen LogP contribution is -2.15. The first-order valence-electron chi connectivity index (χ1n) is 9.03. The van der Waals surface area contributed by atoms with E-state index in [0.29, 0.717) is 17.0 Å². The van der Waals surface area contributed by atoms with Gasteiger partial charge < -0.3 is 9.72 Å². The van der Waals surface area contributed by atoms with Gasteiger partial charge in [0.25, 0.3) is 0 Å². The molecule has 0 bridgehead atoms. The minimum atomic E-state index is -0.671. The molecule has 0 radical (unpaired) electrons. The third-order valence-electron chi connectivity index (χ3n) is 4.74. The number of para-hydroxylation sites is 1. The molecule has 0 aliphatic carbocycles. The van der Waals surface area contributed by atoms with Crippen LogP contribution in [-0.4, -0.2) is 33.1 Å². The van der Waals surface area contributed by atoms with Crippen LogP contribution >= 0.6 is 11.6 Å². The van der Waals surface area contributed by atoms with E-state index in [-0.39, 0.29) is 16.5 Å². The Labute approximate surface area is 172 Å². The Morgan fingerprint density at radius 3 is 2.45 bits per heavy atom. The average molecular weight is 408 g/mol. The van der Waals surface area contributed by atoms with Crippen molar-refractivity contribution in [2.24, 2.45) is 7.05 Å². The summed E-state index contributed by atoms with van der Waals surface area (Å²) in [5.74, 6) is -0.970. The number of H-pyrrole nitrogens is 1. The van der Waals surface area contributed by atoms with Gasteiger partial charge in [-0.15, -0.1) is 0 Å². The quantitative estimate of drug-likeness (QED) is 0.388. The van der Waals surface area contributed by atoms with Gasteiger partial charge in [-0.2, -0.15) is 5.10 Å². The zero-order chi connectivity index (χ0) is 20.5. The molecule has 29 heavy (non-hydrogen) atoms. The van der Waals surface area contributed by atoms with Crippen LogP contribution in [0.25, 0.3) is 22.2 Å². The number of halogens is 1. The van der Waals surface area contributed by atoms with E-state index in [2.05, 4.69) is 10.1 Å². The second kappa shape index (κ2) is 7.56. The number of esters is 1. The minimum Gasteiger partial charge on any atom is -0.454 e. The van der Waals surface area contributed by atoms with Crippen LogP contribution < -0.4 is 0 Å². The van der Waals surface area contributed by atoms with Crippen LogP contribution in [0.5, 0.6) is 0 Å². The van der Waals surface area contributed by atoms with Crippen molar-refractivity contribution in [3.8, 4) is 11.3 Å². The van der Waals surface area contributed by atoms with Crippen molar-refractivity contribution in [2.75, 3.05) is 6.61 Å². The molecule has 0 saturated carbocycles. The number of aromatic amines is 1. The van der Waals surface area contributed by atoms with E-state index < -0.39 is 12.6 Å². The number of hydrogen-bond acceptors (Lipinski definition) is 4. The summed E-state index contributed by atoms with van der Waals surface area (Å²) in [4.78, 5) is 28.9. The summed E-state index contributed by atoms with van der Waals surface area (Å²) in [5.41, 5.74) is 3.53. The number of nitrogens with one attached hydrogen (secondary N) is 1. The van der Waals surface area contributed by atoms with Gasteiger partial charge in [0.2, 0.25) is 5.78 Å². The summed E-state index contributed by atoms with van der Waals surface area (Å²) in [6.07, 6.45) is 0. The normalized spacial score (nSPS) is 11.0. The summed E-state index contributed by atoms with van der Waals surface area (Å²) >= 11 is 6.12. The fourth-order valence-corrected chi connectivity index (χ4v) is 3.64. The van der Waals surface area contributed by atoms with Gasteiger partial charge >= 0.3 is 5.97 Å². The molecule has 6 nitrogen and oxygen atoms in total. The molecule has 7 heteroatoms. The maximum atomic E-state index is 13.1. The first-order valence-corrected chi connectivity index (χ1v) is 9.40. The molecule has 4 aromatic rings. The van der Waals surface area contributed by atoms with Crippen molar-refractivity contribution in [3.63, 3.8) is 0 Å². The highest BCUT2D eigenvalue weighted by atomic mass is 35.5. The molecular weight excluding hydrogens is 390 g/mol. The van der Waals surface area contributed by atoms with Crippen molar-refractivity contribution < 1.29 is 14.3 Å². The molecule has 2 aromatic carbocycles. The topological polar surface area (TPSA) is 77.0 Å². The molecular formula is C22H18ClN3O3. The lowest BCUT2D eigenvalue weighted by Gasteiger charge is -2.07. The molecule has 0 amide bonds. The lowest BCUT2D eigenvalue weighted by atomic mass is 10.0. The van der Waals surface area contributed by atoms with Crippen molar-refractivity contribution in [1.82, 2.24) is 14.8 Å². The second-order valence-corrected chi connectivity index (χ2v) is 7.02. The van der Waals surface area contributed by atoms with Crippen LogP contribution in [0.2, 0.25) is 5.15 Å². The number of benzene rings is 2. The second-order valence-electron chi connectivity index (χ2n) is 6.66. The SMILES string of the molecule is Cc1nn(C)c(Cl)c1C(=O)OCC(=O)c1c(-c2ccccc2)[nH]c2ccccc12. The fraction of sp³-hybridized carbons (Fsp3) is 0.136. The highest BCUT2D eigenvalue weighted by Gasteiger charge is 2.24. The summed E-state index contributed by atoms with van der Waals surface area (Å²) in [6, 6.07) is 17.1. The Hall–Kier alpha value is -3.38. The minimum absolute atomic E-state index is 0.171.